The van der Waals surface area contributed by atoms with Gasteiger partial charge in [0.05, 0.1) is 6.54 Å². The average molecular weight is 217 g/mol. The van der Waals surface area contributed by atoms with E-state index < -0.39 is 12.5 Å². The van der Waals surface area contributed by atoms with Crippen molar-refractivity contribution in [3.05, 3.63) is 21.4 Å². The summed E-state index contributed by atoms with van der Waals surface area (Å²) in [6, 6.07) is 0. The molecule has 0 radical (unpaired) electrons. The Balaban J connectivity index is 2.39. The van der Waals surface area contributed by atoms with E-state index in [4.69, 9.17) is 5.73 Å². The van der Waals surface area contributed by atoms with Gasteiger partial charge in [-0.3, -0.25) is 0 Å². The maximum Gasteiger partial charge on any atom is 0.286 e. The van der Waals surface area contributed by atoms with Gasteiger partial charge in [0.25, 0.3) is 5.92 Å². The van der Waals surface area contributed by atoms with E-state index >= 15 is 0 Å². The molecule has 0 aliphatic heterocycles. The molecular weight excluding hydrogens is 204 g/mol. The van der Waals surface area contributed by atoms with Crippen LogP contribution in [0.4, 0.5) is 8.78 Å². The fourth-order valence-electron chi connectivity index (χ4n) is 1.91. The van der Waals surface area contributed by atoms with Crippen molar-refractivity contribution in [2.75, 3.05) is 6.54 Å². The third-order valence-electron chi connectivity index (χ3n) is 2.71. The summed E-state index contributed by atoms with van der Waals surface area (Å²) in [4.78, 5) is 1.14. The van der Waals surface area contributed by atoms with Gasteiger partial charge in [0.1, 0.15) is 0 Å². The van der Waals surface area contributed by atoms with Crippen LogP contribution in [0.1, 0.15) is 28.8 Å². The molecule has 14 heavy (non-hydrogen) atoms. The summed E-state index contributed by atoms with van der Waals surface area (Å²) in [6.07, 6.45) is 3.91. The molecule has 0 fully saturated rings. The van der Waals surface area contributed by atoms with Gasteiger partial charge in [0, 0.05) is 15.8 Å². The highest BCUT2D eigenvalue weighted by atomic mass is 32.1. The quantitative estimate of drug-likeness (QED) is 0.809. The van der Waals surface area contributed by atoms with Crippen molar-refractivity contribution < 1.29 is 8.78 Å². The second kappa shape index (κ2) is 3.59. The van der Waals surface area contributed by atoms with Gasteiger partial charge in [-0.25, -0.2) is 0 Å². The Morgan fingerprint density at radius 2 is 2.07 bits per heavy atom. The van der Waals surface area contributed by atoms with Crippen LogP contribution in [-0.4, -0.2) is 6.54 Å². The van der Waals surface area contributed by atoms with Gasteiger partial charge in [-0.15, -0.1) is 11.3 Å². The number of alkyl halides is 2. The van der Waals surface area contributed by atoms with Crippen molar-refractivity contribution in [2.24, 2.45) is 5.73 Å². The standard InChI is InChI=1S/C10H13F2NS/c11-10(12,6-13)8-5-14-9-4-2-1-3-7(8)9/h5H,1-4,6,13H2. The molecule has 0 saturated heterocycles. The van der Waals surface area contributed by atoms with Crippen LogP contribution < -0.4 is 5.73 Å². The maximum absolute atomic E-state index is 13.4. The highest BCUT2D eigenvalue weighted by molar-refractivity contribution is 7.10. The van der Waals surface area contributed by atoms with Crippen molar-refractivity contribution in [1.82, 2.24) is 0 Å². The smallest absolute Gasteiger partial charge is 0.286 e. The second-order valence-electron chi connectivity index (χ2n) is 3.67. The number of thiophene rings is 1. The van der Waals surface area contributed by atoms with Gasteiger partial charge in [0.15, 0.2) is 0 Å². The van der Waals surface area contributed by atoms with Crippen LogP contribution >= 0.6 is 11.3 Å². The number of fused-ring (bicyclic) bond motifs is 1. The molecule has 0 amide bonds. The van der Waals surface area contributed by atoms with E-state index in [1.807, 2.05) is 0 Å². The zero-order chi connectivity index (χ0) is 10.2. The number of hydrogen-bond acceptors (Lipinski definition) is 2. The lowest BCUT2D eigenvalue weighted by Gasteiger charge is -2.18. The molecule has 2 N–H and O–H groups in total. The summed E-state index contributed by atoms with van der Waals surface area (Å²) >= 11 is 1.46. The van der Waals surface area contributed by atoms with E-state index in [9.17, 15) is 8.78 Å². The minimum Gasteiger partial charge on any atom is -0.325 e. The highest BCUT2D eigenvalue weighted by Gasteiger charge is 2.34. The Kier molecular flexibility index (Phi) is 2.58. The van der Waals surface area contributed by atoms with Crippen LogP contribution in [-0.2, 0) is 18.8 Å². The number of nitrogens with two attached hydrogens (primary N) is 1. The van der Waals surface area contributed by atoms with E-state index in [1.54, 1.807) is 5.38 Å². The van der Waals surface area contributed by atoms with E-state index in [2.05, 4.69) is 0 Å². The summed E-state index contributed by atoms with van der Waals surface area (Å²) in [6.45, 7) is -0.587. The first-order chi connectivity index (χ1) is 6.65. The van der Waals surface area contributed by atoms with Crippen LogP contribution in [0.3, 0.4) is 0 Å². The molecule has 4 heteroatoms. The molecule has 1 aliphatic carbocycles. The SMILES string of the molecule is NCC(F)(F)c1csc2c1CCCC2. The molecule has 0 atom stereocenters. The Bertz CT molecular complexity index is 333. The summed E-state index contributed by atoms with van der Waals surface area (Å²) in [5, 5.41) is 1.59. The summed E-state index contributed by atoms with van der Waals surface area (Å²) in [5.41, 5.74) is 6.14. The van der Waals surface area contributed by atoms with Crippen LogP contribution in [0.2, 0.25) is 0 Å². The third kappa shape index (κ3) is 1.57. The van der Waals surface area contributed by atoms with Crippen LogP contribution in [0.5, 0.6) is 0 Å². The molecular formula is C10H13F2NS. The fourth-order valence-corrected chi connectivity index (χ4v) is 3.10. The molecule has 0 bridgehead atoms. The van der Waals surface area contributed by atoms with E-state index in [0.29, 0.717) is 0 Å². The summed E-state index contributed by atoms with van der Waals surface area (Å²) in [7, 11) is 0. The third-order valence-corrected chi connectivity index (χ3v) is 3.80. The Morgan fingerprint density at radius 3 is 2.79 bits per heavy atom. The normalized spacial score (nSPS) is 16.8. The molecule has 1 aliphatic rings. The van der Waals surface area contributed by atoms with E-state index in [0.717, 1.165) is 36.1 Å². The fraction of sp³-hybridized carbons (Fsp3) is 0.600. The number of rotatable bonds is 2. The largest absolute Gasteiger partial charge is 0.325 e. The van der Waals surface area contributed by atoms with Gasteiger partial charge in [-0.1, -0.05) is 0 Å². The lowest BCUT2D eigenvalue weighted by Crippen LogP contribution is -2.26. The Hall–Kier alpha value is -0.480. The lowest BCUT2D eigenvalue weighted by atomic mass is 9.93. The number of aryl methyl sites for hydroxylation is 1. The molecule has 1 nitrogen and oxygen atoms in total. The average Bonchev–Trinajstić information content (AvgIpc) is 2.61. The molecule has 1 aromatic rings. The molecule has 78 valence electrons. The predicted octanol–water partition coefficient (Wildman–Crippen LogP) is 2.68. The van der Waals surface area contributed by atoms with E-state index in [1.165, 1.54) is 11.3 Å². The lowest BCUT2D eigenvalue weighted by molar-refractivity contribution is 0.00538. The molecule has 0 spiro atoms. The predicted molar refractivity (Wildman–Crippen MR) is 53.9 cm³/mol. The molecule has 2 rings (SSSR count). The van der Waals surface area contributed by atoms with Gasteiger partial charge >= 0.3 is 0 Å². The van der Waals surface area contributed by atoms with Crippen molar-refractivity contribution in [1.29, 1.82) is 0 Å². The van der Waals surface area contributed by atoms with Crippen molar-refractivity contribution in [2.45, 2.75) is 31.6 Å². The van der Waals surface area contributed by atoms with Crippen molar-refractivity contribution >= 4 is 11.3 Å². The van der Waals surface area contributed by atoms with Gasteiger partial charge in [0.2, 0.25) is 0 Å². The molecule has 1 aromatic heterocycles. The second-order valence-corrected chi connectivity index (χ2v) is 4.63. The Morgan fingerprint density at radius 1 is 1.36 bits per heavy atom. The van der Waals surface area contributed by atoms with E-state index in [-0.39, 0.29) is 5.56 Å². The maximum atomic E-state index is 13.4. The van der Waals surface area contributed by atoms with Gasteiger partial charge in [-0.2, -0.15) is 8.78 Å². The first-order valence-electron chi connectivity index (χ1n) is 4.83. The zero-order valence-electron chi connectivity index (χ0n) is 7.85. The minimum atomic E-state index is -2.83. The topological polar surface area (TPSA) is 26.0 Å². The van der Waals surface area contributed by atoms with Crippen molar-refractivity contribution in [3.63, 3.8) is 0 Å². The Labute approximate surface area is 85.9 Å². The zero-order valence-corrected chi connectivity index (χ0v) is 8.67. The van der Waals surface area contributed by atoms with Crippen LogP contribution in [0.15, 0.2) is 5.38 Å². The molecule has 0 unspecified atom stereocenters. The van der Waals surface area contributed by atoms with Crippen LogP contribution in [0.25, 0.3) is 0 Å². The summed E-state index contributed by atoms with van der Waals surface area (Å²) in [5.74, 6) is -2.83. The number of hydrogen-bond donors (Lipinski definition) is 1. The first kappa shape index (κ1) is 10.1. The number of halogens is 2. The van der Waals surface area contributed by atoms with Gasteiger partial charge < -0.3 is 5.73 Å². The molecule has 0 saturated carbocycles. The van der Waals surface area contributed by atoms with Gasteiger partial charge in [-0.05, 0) is 31.2 Å². The minimum absolute atomic E-state index is 0.180. The summed E-state index contributed by atoms with van der Waals surface area (Å²) < 4.78 is 26.8. The monoisotopic (exact) mass is 217 g/mol. The molecule has 1 heterocycles. The first-order valence-corrected chi connectivity index (χ1v) is 5.71. The van der Waals surface area contributed by atoms with Crippen molar-refractivity contribution in [3.8, 4) is 0 Å². The van der Waals surface area contributed by atoms with Crippen LogP contribution in [0, 0.1) is 0 Å². The highest BCUT2D eigenvalue weighted by Crippen LogP contribution is 2.38. The molecule has 0 aromatic carbocycles.